The molecule has 18 heavy (non-hydrogen) atoms. The molecule has 1 aromatic carbocycles. The van der Waals surface area contributed by atoms with Crippen LogP contribution in [0, 0.1) is 6.92 Å². The molecule has 0 saturated heterocycles. The van der Waals surface area contributed by atoms with Gasteiger partial charge in [-0.1, -0.05) is 30.7 Å². The van der Waals surface area contributed by atoms with Crippen LogP contribution in [0.5, 0.6) is 0 Å². The van der Waals surface area contributed by atoms with Crippen molar-refractivity contribution in [3.8, 4) is 11.3 Å². The molecule has 0 amide bonds. The van der Waals surface area contributed by atoms with Gasteiger partial charge in [-0.2, -0.15) is 0 Å². The van der Waals surface area contributed by atoms with Crippen molar-refractivity contribution in [3.05, 3.63) is 40.9 Å². The van der Waals surface area contributed by atoms with Crippen molar-refractivity contribution < 1.29 is 4.42 Å². The van der Waals surface area contributed by atoms with Crippen molar-refractivity contribution >= 4 is 11.6 Å². The van der Waals surface area contributed by atoms with Crippen LogP contribution in [-0.4, -0.2) is 11.5 Å². The molecule has 0 fully saturated rings. The Kier molecular flexibility index (Phi) is 4.39. The van der Waals surface area contributed by atoms with Crippen LogP contribution in [0.25, 0.3) is 11.3 Å². The molecule has 0 saturated carbocycles. The van der Waals surface area contributed by atoms with Crippen LogP contribution in [0.15, 0.2) is 29.0 Å². The highest BCUT2D eigenvalue weighted by atomic mass is 35.5. The fourth-order valence-corrected chi connectivity index (χ4v) is 2.03. The minimum Gasteiger partial charge on any atom is -0.443 e. The fraction of sp³-hybridized carbons (Fsp3) is 0.357. The van der Waals surface area contributed by atoms with Crippen molar-refractivity contribution in [2.75, 3.05) is 6.54 Å². The van der Waals surface area contributed by atoms with E-state index in [9.17, 15) is 0 Å². The van der Waals surface area contributed by atoms with E-state index in [1.54, 1.807) is 0 Å². The monoisotopic (exact) mass is 264 g/mol. The van der Waals surface area contributed by atoms with Crippen LogP contribution in [0.2, 0.25) is 5.02 Å². The number of nitrogens with zero attached hydrogens (tertiary/aromatic N) is 1. The average Bonchev–Trinajstić information content (AvgIpc) is 2.81. The highest BCUT2D eigenvalue weighted by Crippen LogP contribution is 2.30. The van der Waals surface area contributed by atoms with Crippen LogP contribution in [-0.2, 0) is 6.54 Å². The van der Waals surface area contributed by atoms with E-state index < -0.39 is 0 Å². The van der Waals surface area contributed by atoms with Gasteiger partial charge in [-0.15, -0.1) is 0 Å². The summed E-state index contributed by atoms with van der Waals surface area (Å²) >= 11 is 6.13. The summed E-state index contributed by atoms with van der Waals surface area (Å²) in [5, 5.41) is 4.07. The summed E-state index contributed by atoms with van der Waals surface area (Å²) in [6.07, 6.45) is 2.59. The minimum absolute atomic E-state index is 0.714. The van der Waals surface area contributed by atoms with E-state index in [1.165, 1.54) is 6.39 Å². The predicted octanol–water partition coefficient (Wildman–Crippen LogP) is 3.80. The topological polar surface area (TPSA) is 38.1 Å². The molecular formula is C14H17ClN2O. The minimum atomic E-state index is 0.714. The van der Waals surface area contributed by atoms with Gasteiger partial charge in [0, 0.05) is 17.1 Å². The molecule has 0 spiro atoms. The van der Waals surface area contributed by atoms with Gasteiger partial charge in [0.05, 0.1) is 0 Å². The standard InChI is InChI=1S/C14H17ClN2O/c1-3-7-16-8-13-14(18-9-17-13)11-5-4-6-12(15)10(11)2/h4-6,9,16H,3,7-8H2,1-2H3. The van der Waals surface area contributed by atoms with Crippen molar-refractivity contribution in [3.63, 3.8) is 0 Å². The smallest absolute Gasteiger partial charge is 0.181 e. The Morgan fingerprint density at radius 2 is 2.22 bits per heavy atom. The van der Waals surface area contributed by atoms with E-state index >= 15 is 0 Å². The lowest BCUT2D eigenvalue weighted by atomic mass is 10.1. The number of hydrogen-bond donors (Lipinski definition) is 1. The van der Waals surface area contributed by atoms with Gasteiger partial charge in [0.15, 0.2) is 12.2 Å². The van der Waals surface area contributed by atoms with Crippen molar-refractivity contribution in [1.82, 2.24) is 10.3 Å². The zero-order valence-corrected chi connectivity index (χ0v) is 11.4. The molecule has 1 aromatic heterocycles. The Balaban J connectivity index is 2.28. The molecule has 0 aliphatic rings. The number of aromatic nitrogens is 1. The number of rotatable bonds is 5. The lowest BCUT2D eigenvalue weighted by Crippen LogP contribution is -2.14. The van der Waals surface area contributed by atoms with Gasteiger partial charge >= 0.3 is 0 Å². The molecule has 1 heterocycles. The summed E-state index contributed by atoms with van der Waals surface area (Å²) < 4.78 is 5.51. The van der Waals surface area contributed by atoms with Crippen LogP contribution < -0.4 is 5.32 Å². The van der Waals surface area contributed by atoms with Gasteiger partial charge in [-0.05, 0) is 31.5 Å². The van der Waals surface area contributed by atoms with Crippen LogP contribution in [0.3, 0.4) is 0 Å². The van der Waals surface area contributed by atoms with Gasteiger partial charge in [0.2, 0.25) is 0 Å². The summed E-state index contributed by atoms with van der Waals surface area (Å²) in [5.41, 5.74) is 2.95. The molecule has 1 N–H and O–H groups in total. The SMILES string of the molecule is CCCNCc1ncoc1-c1cccc(Cl)c1C. The number of benzene rings is 1. The number of halogens is 1. The Bertz CT molecular complexity index is 522. The first-order valence-electron chi connectivity index (χ1n) is 6.12. The van der Waals surface area contributed by atoms with Gasteiger partial charge in [0.25, 0.3) is 0 Å². The van der Waals surface area contributed by atoms with Crippen molar-refractivity contribution in [2.24, 2.45) is 0 Å². The molecule has 0 radical (unpaired) electrons. The summed E-state index contributed by atoms with van der Waals surface area (Å²) in [7, 11) is 0. The second-order valence-corrected chi connectivity index (χ2v) is 4.62. The lowest BCUT2D eigenvalue weighted by Gasteiger charge is -2.07. The molecule has 0 atom stereocenters. The van der Waals surface area contributed by atoms with E-state index in [-0.39, 0.29) is 0 Å². The van der Waals surface area contributed by atoms with E-state index in [4.69, 9.17) is 16.0 Å². The van der Waals surface area contributed by atoms with E-state index in [0.717, 1.165) is 40.6 Å². The Labute approximate surface area is 112 Å². The normalized spacial score (nSPS) is 10.8. The third kappa shape index (κ3) is 2.74. The molecule has 0 aliphatic heterocycles. The van der Waals surface area contributed by atoms with Gasteiger partial charge in [-0.25, -0.2) is 4.98 Å². The first-order valence-corrected chi connectivity index (χ1v) is 6.50. The number of oxazole rings is 1. The zero-order valence-electron chi connectivity index (χ0n) is 10.7. The largest absolute Gasteiger partial charge is 0.443 e. The third-order valence-electron chi connectivity index (χ3n) is 2.87. The lowest BCUT2D eigenvalue weighted by molar-refractivity contribution is 0.569. The quantitative estimate of drug-likeness (QED) is 0.835. The predicted molar refractivity (Wildman–Crippen MR) is 73.7 cm³/mol. The molecule has 3 nitrogen and oxygen atoms in total. The Morgan fingerprint density at radius 1 is 1.39 bits per heavy atom. The molecule has 0 bridgehead atoms. The number of nitrogens with one attached hydrogen (secondary N) is 1. The Morgan fingerprint density at radius 3 is 3.00 bits per heavy atom. The molecular weight excluding hydrogens is 248 g/mol. The first kappa shape index (κ1) is 13.1. The molecule has 0 aliphatic carbocycles. The zero-order chi connectivity index (χ0) is 13.0. The molecule has 96 valence electrons. The fourth-order valence-electron chi connectivity index (χ4n) is 1.85. The van der Waals surface area contributed by atoms with Gasteiger partial charge in [0.1, 0.15) is 5.69 Å². The van der Waals surface area contributed by atoms with Crippen molar-refractivity contribution in [2.45, 2.75) is 26.8 Å². The average molecular weight is 265 g/mol. The van der Waals surface area contributed by atoms with Gasteiger partial charge < -0.3 is 9.73 Å². The third-order valence-corrected chi connectivity index (χ3v) is 3.28. The highest BCUT2D eigenvalue weighted by Gasteiger charge is 2.13. The second kappa shape index (κ2) is 6.03. The maximum Gasteiger partial charge on any atom is 0.181 e. The van der Waals surface area contributed by atoms with Crippen LogP contribution in [0.4, 0.5) is 0 Å². The summed E-state index contributed by atoms with van der Waals surface area (Å²) in [6.45, 7) is 5.81. The number of hydrogen-bond acceptors (Lipinski definition) is 3. The summed E-state index contributed by atoms with van der Waals surface area (Å²) in [5.74, 6) is 0.804. The van der Waals surface area contributed by atoms with E-state index in [1.807, 2.05) is 25.1 Å². The van der Waals surface area contributed by atoms with E-state index in [0.29, 0.717) is 6.54 Å². The molecule has 2 rings (SSSR count). The summed E-state index contributed by atoms with van der Waals surface area (Å²) in [6, 6.07) is 5.81. The molecule has 2 aromatic rings. The Hall–Kier alpha value is -1.32. The maximum atomic E-state index is 6.13. The summed E-state index contributed by atoms with van der Waals surface area (Å²) in [4.78, 5) is 4.26. The van der Waals surface area contributed by atoms with Gasteiger partial charge in [-0.3, -0.25) is 0 Å². The van der Waals surface area contributed by atoms with Crippen LogP contribution >= 0.6 is 11.6 Å². The second-order valence-electron chi connectivity index (χ2n) is 4.22. The van der Waals surface area contributed by atoms with Crippen molar-refractivity contribution in [1.29, 1.82) is 0 Å². The molecule has 4 heteroatoms. The first-order chi connectivity index (χ1) is 8.74. The molecule has 0 unspecified atom stereocenters. The van der Waals surface area contributed by atoms with Crippen LogP contribution in [0.1, 0.15) is 24.6 Å². The maximum absolute atomic E-state index is 6.13. The van der Waals surface area contributed by atoms with E-state index in [2.05, 4.69) is 17.2 Å². The highest BCUT2D eigenvalue weighted by molar-refractivity contribution is 6.31.